The summed E-state index contributed by atoms with van der Waals surface area (Å²) in [5, 5.41) is 6.27. The standard InChI is InChI=1S/C7H6N2O2S/c1-10-5-4-9-11-6(5)7-8-2-3-12-7/h2-4H,1H3. The molecule has 0 aliphatic heterocycles. The highest BCUT2D eigenvalue weighted by atomic mass is 32.1. The van der Waals surface area contributed by atoms with E-state index in [0.717, 1.165) is 5.01 Å². The fraction of sp³-hybridized carbons (Fsp3) is 0.143. The topological polar surface area (TPSA) is 48.2 Å². The van der Waals surface area contributed by atoms with Crippen LogP contribution in [0.1, 0.15) is 0 Å². The first-order valence-electron chi connectivity index (χ1n) is 3.30. The van der Waals surface area contributed by atoms with Gasteiger partial charge in [0, 0.05) is 11.6 Å². The average Bonchev–Trinajstić information content (AvgIpc) is 2.74. The van der Waals surface area contributed by atoms with Crippen LogP contribution < -0.4 is 4.74 Å². The van der Waals surface area contributed by atoms with Crippen LogP contribution in [-0.2, 0) is 0 Å². The molecule has 12 heavy (non-hydrogen) atoms. The molecule has 4 nitrogen and oxygen atoms in total. The van der Waals surface area contributed by atoms with Gasteiger partial charge < -0.3 is 9.26 Å². The zero-order valence-corrected chi connectivity index (χ0v) is 7.17. The van der Waals surface area contributed by atoms with E-state index < -0.39 is 0 Å². The molecule has 2 aromatic heterocycles. The van der Waals surface area contributed by atoms with E-state index in [1.165, 1.54) is 17.5 Å². The van der Waals surface area contributed by atoms with Gasteiger partial charge in [-0.25, -0.2) is 4.98 Å². The average molecular weight is 182 g/mol. The van der Waals surface area contributed by atoms with Gasteiger partial charge >= 0.3 is 0 Å². The Morgan fingerprint density at radius 2 is 2.50 bits per heavy atom. The zero-order valence-electron chi connectivity index (χ0n) is 6.35. The fourth-order valence-corrected chi connectivity index (χ4v) is 1.47. The van der Waals surface area contributed by atoms with Crippen LogP contribution in [0, 0.1) is 0 Å². The quantitative estimate of drug-likeness (QED) is 0.710. The minimum atomic E-state index is 0.590. The highest BCUT2D eigenvalue weighted by Gasteiger charge is 2.12. The van der Waals surface area contributed by atoms with Crippen molar-refractivity contribution in [3.63, 3.8) is 0 Å². The predicted molar refractivity (Wildman–Crippen MR) is 44.2 cm³/mol. The van der Waals surface area contributed by atoms with Crippen molar-refractivity contribution in [3.8, 4) is 16.5 Å². The van der Waals surface area contributed by atoms with Crippen molar-refractivity contribution in [1.82, 2.24) is 10.1 Å². The fourth-order valence-electron chi connectivity index (χ4n) is 0.856. The molecule has 2 rings (SSSR count). The number of aromatic nitrogens is 2. The van der Waals surface area contributed by atoms with Crippen LogP contribution in [0.2, 0.25) is 0 Å². The zero-order chi connectivity index (χ0) is 8.39. The Bertz CT molecular complexity index is 355. The number of hydrogen-bond acceptors (Lipinski definition) is 5. The second kappa shape index (κ2) is 2.94. The SMILES string of the molecule is COc1cnoc1-c1nccs1. The molecule has 2 heterocycles. The van der Waals surface area contributed by atoms with Crippen molar-refractivity contribution in [2.75, 3.05) is 7.11 Å². The van der Waals surface area contributed by atoms with Crippen LogP contribution >= 0.6 is 11.3 Å². The first-order chi connectivity index (χ1) is 5.92. The predicted octanol–water partition coefficient (Wildman–Crippen LogP) is 1.81. The number of thiazole rings is 1. The minimum Gasteiger partial charge on any atom is -0.491 e. The van der Waals surface area contributed by atoms with Crippen molar-refractivity contribution < 1.29 is 9.26 Å². The highest BCUT2D eigenvalue weighted by molar-refractivity contribution is 7.13. The first-order valence-corrected chi connectivity index (χ1v) is 4.18. The lowest BCUT2D eigenvalue weighted by Crippen LogP contribution is -1.81. The molecule has 0 aliphatic rings. The van der Waals surface area contributed by atoms with Gasteiger partial charge in [-0.2, -0.15) is 0 Å². The molecule has 0 spiro atoms. The summed E-state index contributed by atoms with van der Waals surface area (Å²) >= 11 is 1.49. The monoisotopic (exact) mass is 182 g/mol. The van der Waals surface area contributed by atoms with Gasteiger partial charge in [0.2, 0.25) is 5.76 Å². The van der Waals surface area contributed by atoms with Gasteiger partial charge in [-0.15, -0.1) is 11.3 Å². The van der Waals surface area contributed by atoms with E-state index in [0.29, 0.717) is 11.5 Å². The third kappa shape index (κ3) is 1.08. The van der Waals surface area contributed by atoms with Gasteiger partial charge in [0.1, 0.15) is 6.20 Å². The summed E-state index contributed by atoms with van der Waals surface area (Å²) in [6.07, 6.45) is 3.23. The Morgan fingerprint density at radius 1 is 1.58 bits per heavy atom. The molecule has 2 aromatic rings. The molecule has 0 saturated carbocycles. The van der Waals surface area contributed by atoms with Crippen molar-refractivity contribution in [1.29, 1.82) is 0 Å². The maximum atomic E-state index is 5.02. The second-order valence-electron chi connectivity index (χ2n) is 2.06. The summed E-state index contributed by atoms with van der Waals surface area (Å²) in [5.41, 5.74) is 0. The maximum Gasteiger partial charge on any atom is 0.237 e. The summed E-state index contributed by atoms with van der Waals surface area (Å²) < 4.78 is 9.99. The number of hydrogen-bond donors (Lipinski definition) is 0. The molecular weight excluding hydrogens is 176 g/mol. The second-order valence-corrected chi connectivity index (χ2v) is 2.96. The van der Waals surface area contributed by atoms with Crippen molar-refractivity contribution in [3.05, 3.63) is 17.8 Å². The van der Waals surface area contributed by atoms with Crippen LogP contribution in [0.4, 0.5) is 0 Å². The van der Waals surface area contributed by atoms with E-state index in [1.54, 1.807) is 13.3 Å². The number of rotatable bonds is 2. The smallest absolute Gasteiger partial charge is 0.237 e. The number of ether oxygens (including phenoxy) is 1. The van der Waals surface area contributed by atoms with E-state index >= 15 is 0 Å². The molecule has 0 bridgehead atoms. The van der Waals surface area contributed by atoms with Crippen LogP contribution in [0.3, 0.4) is 0 Å². The molecule has 0 atom stereocenters. The molecule has 0 fully saturated rings. The van der Waals surface area contributed by atoms with Gasteiger partial charge in [-0.1, -0.05) is 5.16 Å². The Morgan fingerprint density at radius 3 is 3.17 bits per heavy atom. The highest BCUT2D eigenvalue weighted by Crippen LogP contribution is 2.30. The van der Waals surface area contributed by atoms with Crippen LogP contribution in [0.15, 0.2) is 22.3 Å². The summed E-state index contributed by atoms with van der Waals surface area (Å²) in [7, 11) is 1.57. The van der Waals surface area contributed by atoms with Crippen LogP contribution in [-0.4, -0.2) is 17.3 Å². The van der Waals surface area contributed by atoms with Gasteiger partial charge in [0.05, 0.1) is 7.11 Å². The van der Waals surface area contributed by atoms with Crippen LogP contribution in [0.25, 0.3) is 10.8 Å². The van der Waals surface area contributed by atoms with E-state index in [-0.39, 0.29) is 0 Å². The minimum absolute atomic E-state index is 0.590. The van der Waals surface area contributed by atoms with E-state index in [2.05, 4.69) is 10.1 Å². The molecule has 0 aliphatic carbocycles. The maximum absolute atomic E-state index is 5.02. The Balaban J connectivity index is 2.46. The van der Waals surface area contributed by atoms with E-state index in [4.69, 9.17) is 9.26 Å². The Hall–Kier alpha value is -1.36. The van der Waals surface area contributed by atoms with Crippen molar-refractivity contribution in [2.45, 2.75) is 0 Å². The normalized spacial score (nSPS) is 10.1. The van der Waals surface area contributed by atoms with E-state index in [9.17, 15) is 0 Å². The first kappa shape index (κ1) is 7.30. The lowest BCUT2D eigenvalue weighted by molar-refractivity contribution is 0.400. The molecule has 0 aromatic carbocycles. The lowest BCUT2D eigenvalue weighted by Gasteiger charge is -1.93. The molecule has 0 unspecified atom stereocenters. The summed E-state index contributed by atoms with van der Waals surface area (Å²) in [4.78, 5) is 4.07. The molecule has 0 radical (unpaired) electrons. The Labute approximate surface area is 72.8 Å². The van der Waals surface area contributed by atoms with Gasteiger partial charge in [-0.05, 0) is 0 Å². The lowest BCUT2D eigenvalue weighted by atomic mass is 10.4. The summed E-state index contributed by atoms with van der Waals surface area (Å²) in [6, 6.07) is 0. The molecule has 0 saturated heterocycles. The number of nitrogens with zero attached hydrogens (tertiary/aromatic N) is 2. The summed E-state index contributed by atoms with van der Waals surface area (Å²) in [6.45, 7) is 0. The third-order valence-corrected chi connectivity index (χ3v) is 2.16. The summed E-state index contributed by atoms with van der Waals surface area (Å²) in [5.74, 6) is 1.21. The third-order valence-electron chi connectivity index (χ3n) is 1.38. The van der Waals surface area contributed by atoms with Gasteiger partial charge in [-0.3, -0.25) is 0 Å². The van der Waals surface area contributed by atoms with Crippen molar-refractivity contribution >= 4 is 11.3 Å². The van der Waals surface area contributed by atoms with E-state index in [1.807, 2.05) is 5.38 Å². The van der Waals surface area contributed by atoms with Crippen LogP contribution in [0.5, 0.6) is 5.75 Å². The molecular formula is C7H6N2O2S. The largest absolute Gasteiger partial charge is 0.491 e. The Kier molecular flexibility index (Phi) is 1.79. The molecule has 62 valence electrons. The molecule has 0 N–H and O–H groups in total. The molecule has 0 amide bonds. The number of methoxy groups -OCH3 is 1. The van der Waals surface area contributed by atoms with Gasteiger partial charge in [0.15, 0.2) is 10.8 Å². The van der Waals surface area contributed by atoms with Crippen molar-refractivity contribution in [2.24, 2.45) is 0 Å². The van der Waals surface area contributed by atoms with Gasteiger partial charge in [0.25, 0.3) is 0 Å². The molecule has 5 heteroatoms.